The van der Waals surface area contributed by atoms with Crippen LogP contribution in [0.4, 0.5) is 5.69 Å². The SMILES string of the molecule is CCn1c(SCC(=O)Nc2ccccc2)nnc1[C@H]1CCCN(S(C)(=O)=O)C1. The molecule has 1 aliphatic rings. The molecule has 1 atom stereocenters. The second kappa shape index (κ2) is 9.06. The zero-order valence-electron chi connectivity index (χ0n) is 16.0. The fraction of sp³-hybridized carbons (Fsp3) is 0.500. The fourth-order valence-electron chi connectivity index (χ4n) is 3.31. The van der Waals surface area contributed by atoms with E-state index in [1.165, 1.54) is 22.3 Å². The first-order valence-corrected chi connectivity index (χ1v) is 12.1. The van der Waals surface area contributed by atoms with Crippen LogP contribution in [0.3, 0.4) is 0 Å². The summed E-state index contributed by atoms with van der Waals surface area (Å²) in [6.07, 6.45) is 2.92. The third-order valence-electron chi connectivity index (χ3n) is 4.67. The van der Waals surface area contributed by atoms with Gasteiger partial charge in [-0.3, -0.25) is 4.79 Å². The highest BCUT2D eigenvalue weighted by molar-refractivity contribution is 7.99. The number of carbonyl (C=O) groups excluding carboxylic acids is 1. The minimum Gasteiger partial charge on any atom is -0.325 e. The van der Waals surface area contributed by atoms with Gasteiger partial charge >= 0.3 is 0 Å². The molecular weight excluding hydrogens is 398 g/mol. The monoisotopic (exact) mass is 423 g/mol. The number of benzene rings is 1. The number of hydrogen-bond acceptors (Lipinski definition) is 6. The average Bonchev–Trinajstić information content (AvgIpc) is 3.09. The Bertz CT molecular complexity index is 915. The number of thioether (sulfide) groups is 1. The van der Waals surface area contributed by atoms with Gasteiger partial charge in [0.25, 0.3) is 0 Å². The molecule has 0 bridgehead atoms. The Morgan fingerprint density at radius 2 is 2.04 bits per heavy atom. The highest BCUT2D eigenvalue weighted by Gasteiger charge is 2.30. The first kappa shape index (κ1) is 20.8. The predicted octanol–water partition coefficient (Wildman–Crippen LogP) is 2.17. The topological polar surface area (TPSA) is 97.2 Å². The fourth-order valence-corrected chi connectivity index (χ4v) is 5.03. The molecule has 10 heteroatoms. The van der Waals surface area contributed by atoms with Crippen molar-refractivity contribution in [1.29, 1.82) is 0 Å². The number of sulfonamides is 1. The van der Waals surface area contributed by atoms with Crippen molar-refractivity contribution in [3.63, 3.8) is 0 Å². The van der Waals surface area contributed by atoms with Crippen molar-refractivity contribution >= 4 is 33.4 Å². The van der Waals surface area contributed by atoms with E-state index in [4.69, 9.17) is 0 Å². The molecule has 2 aromatic rings. The number of aromatic nitrogens is 3. The lowest BCUT2D eigenvalue weighted by Crippen LogP contribution is -2.39. The molecule has 1 fully saturated rings. The quantitative estimate of drug-likeness (QED) is 0.686. The molecule has 152 valence electrons. The van der Waals surface area contributed by atoms with Crippen LogP contribution in [0.5, 0.6) is 0 Å². The molecule has 0 unspecified atom stereocenters. The van der Waals surface area contributed by atoms with Gasteiger partial charge in [0.15, 0.2) is 5.16 Å². The lowest BCUT2D eigenvalue weighted by Gasteiger charge is -2.30. The number of rotatable bonds is 7. The van der Waals surface area contributed by atoms with Gasteiger partial charge in [-0.25, -0.2) is 12.7 Å². The normalized spacial score (nSPS) is 18.1. The van der Waals surface area contributed by atoms with Gasteiger partial charge in [-0.1, -0.05) is 30.0 Å². The van der Waals surface area contributed by atoms with Gasteiger partial charge in [0.2, 0.25) is 15.9 Å². The third-order valence-corrected chi connectivity index (χ3v) is 6.91. The van der Waals surface area contributed by atoms with Crippen molar-refractivity contribution in [2.24, 2.45) is 0 Å². The second-order valence-electron chi connectivity index (χ2n) is 6.75. The molecule has 28 heavy (non-hydrogen) atoms. The van der Waals surface area contributed by atoms with E-state index in [1.807, 2.05) is 41.8 Å². The zero-order chi connectivity index (χ0) is 20.1. The molecular formula is C18H25N5O3S2. The second-order valence-corrected chi connectivity index (χ2v) is 9.67. The molecule has 0 radical (unpaired) electrons. The van der Waals surface area contributed by atoms with Crippen molar-refractivity contribution in [3.05, 3.63) is 36.2 Å². The van der Waals surface area contributed by atoms with Crippen molar-refractivity contribution in [2.45, 2.75) is 37.4 Å². The lowest BCUT2D eigenvalue weighted by atomic mass is 9.99. The van der Waals surface area contributed by atoms with Crippen molar-refractivity contribution in [1.82, 2.24) is 19.1 Å². The Balaban J connectivity index is 1.66. The molecule has 3 rings (SSSR count). The van der Waals surface area contributed by atoms with E-state index >= 15 is 0 Å². The lowest BCUT2D eigenvalue weighted by molar-refractivity contribution is -0.113. The highest BCUT2D eigenvalue weighted by Crippen LogP contribution is 2.29. The largest absolute Gasteiger partial charge is 0.325 e. The molecule has 8 nitrogen and oxygen atoms in total. The molecule has 2 heterocycles. The number of nitrogens with one attached hydrogen (secondary N) is 1. The van der Waals surface area contributed by atoms with E-state index in [9.17, 15) is 13.2 Å². The Morgan fingerprint density at radius 1 is 1.29 bits per heavy atom. The number of para-hydroxylation sites is 1. The van der Waals surface area contributed by atoms with Crippen LogP contribution in [-0.4, -0.2) is 58.5 Å². The summed E-state index contributed by atoms with van der Waals surface area (Å²) in [6.45, 7) is 3.64. The molecule has 1 aliphatic heterocycles. The predicted molar refractivity (Wildman–Crippen MR) is 110 cm³/mol. The molecule has 1 saturated heterocycles. The van der Waals surface area contributed by atoms with Gasteiger partial charge in [-0.05, 0) is 31.9 Å². The van der Waals surface area contributed by atoms with E-state index in [1.54, 1.807) is 0 Å². The number of carbonyl (C=O) groups is 1. The van der Waals surface area contributed by atoms with Gasteiger partial charge in [0.05, 0.1) is 12.0 Å². The van der Waals surface area contributed by atoms with Crippen LogP contribution in [0, 0.1) is 0 Å². The molecule has 1 amide bonds. The molecule has 1 aromatic heterocycles. The van der Waals surface area contributed by atoms with Crippen LogP contribution in [-0.2, 0) is 21.4 Å². The molecule has 1 aromatic carbocycles. The van der Waals surface area contributed by atoms with Crippen LogP contribution in [0.25, 0.3) is 0 Å². The van der Waals surface area contributed by atoms with Gasteiger partial charge in [-0.2, -0.15) is 0 Å². The molecule has 0 spiro atoms. The first-order chi connectivity index (χ1) is 13.4. The van der Waals surface area contributed by atoms with Gasteiger partial charge in [0, 0.05) is 31.2 Å². The molecule has 0 saturated carbocycles. The van der Waals surface area contributed by atoms with Gasteiger partial charge < -0.3 is 9.88 Å². The Hall–Kier alpha value is -1.91. The Kier molecular flexibility index (Phi) is 6.73. The van der Waals surface area contributed by atoms with Crippen molar-refractivity contribution in [3.8, 4) is 0 Å². The summed E-state index contributed by atoms with van der Waals surface area (Å²) in [5.74, 6) is 0.933. The maximum Gasteiger partial charge on any atom is 0.234 e. The first-order valence-electron chi connectivity index (χ1n) is 9.24. The maximum atomic E-state index is 12.2. The zero-order valence-corrected chi connectivity index (χ0v) is 17.7. The third kappa shape index (κ3) is 5.12. The summed E-state index contributed by atoms with van der Waals surface area (Å²) in [7, 11) is -3.21. The smallest absolute Gasteiger partial charge is 0.234 e. The van der Waals surface area contributed by atoms with E-state index in [0.717, 1.165) is 24.4 Å². The van der Waals surface area contributed by atoms with Crippen LogP contribution < -0.4 is 5.32 Å². The van der Waals surface area contributed by atoms with Crippen molar-refractivity contribution in [2.75, 3.05) is 30.4 Å². The molecule has 0 aliphatic carbocycles. The minimum absolute atomic E-state index is 0.0171. The number of amides is 1. The summed E-state index contributed by atoms with van der Waals surface area (Å²) in [4.78, 5) is 12.2. The van der Waals surface area contributed by atoms with E-state index in [-0.39, 0.29) is 17.6 Å². The van der Waals surface area contributed by atoms with Crippen molar-refractivity contribution < 1.29 is 13.2 Å². The van der Waals surface area contributed by atoms with Gasteiger partial charge in [-0.15, -0.1) is 10.2 Å². The average molecular weight is 424 g/mol. The highest BCUT2D eigenvalue weighted by atomic mass is 32.2. The van der Waals surface area contributed by atoms with E-state index < -0.39 is 10.0 Å². The minimum atomic E-state index is -3.21. The summed E-state index contributed by atoms with van der Waals surface area (Å²) in [6, 6.07) is 9.31. The Morgan fingerprint density at radius 3 is 2.71 bits per heavy atom. The van der Waals surface area contributed by atoms with Crippen LogP contribution >= 0.6 is 11.8 Å². The van der Waals surface area contributed by atoms with E-state index in [2.05, 4.69) is 15.5 Å². The van der Waals surface area contributed by atoms with Gasteiger partial charge in [0.1, 0.15) is 5.82 Å². The molecule has 1 N–H and O–H groups in total. The van der Waals surface area contributed by atoms with Crippen LogP contribution in [0.1, 0.15) is 31.5 Å². The number of nitrogens with zero attached hydrogens (tertiary/aromatic N) is 4. The Labute approximate surface area is 169 Å². The van der Waals surface area contributed by atoms with Crippen LogP contribution in [0.2, 0.25) is 0 Å². The summed E-state index contributed by atoms with van der Waals surface area (Å²) in [5.41, 5.74) is 0.758. The summed E-state index contributed by atoms with van der Waals surface area (Å²) in [5, 5.41) is 12.1. The number of piperidine rings is 1. The standard InChI is InChI=1S/C18H25N5O3S2/c1-3-23-17(14-8-7-11-22(12-14)28(2,25)26)20-21-18(23)27-13-16(24)19-15-9-5-4-6-10-15/h4-6,9-10,14H,3,7-8,11-13H2,1-2H3,(H,19,24)/t14-/m0/s1. The maximum absolute atomic E-state index is 12.2. The number of hydrogen-bond donors (Lipinski definition) is 1. The van der Waals surface area contributed by atoms with E-state index in [0.29, 0.717) is 24.8 Å². The summed E-state index contributed by atoms with van der Waals surface area (Å²) >= 11 is 1.34. The summed E-state index contributed by atoms with van der Waals surface area (Å²) < 4.78 is 27.3. The van der Waals surface area contributed by atoms with Crippen LogP contribution in [0.15, 0.2) is 35.5 Å². The number of anilines is 1.